The Morgan fingerprint density at radius 1 is 1.38 bits per heavy atom. The summed E-state index contributed by atoms with van der Waals surface area (Å²) in [6.45, 7) is 2.13. The van der Waals surface area contributed by atoms with Gasteiger partial charge >= 0.3 is 0 Å². The fraction of sp³-hybridized carbons (Fsp3) is 0.455. The van der Waals surface area contributed by atoms with Gasteiger partial charge in [0.1, 0.15) is 15.7 Å². The van der Waals surface area contributed by atoms with Gasteiger partial charge in [-0.15, -0.1) is 0 Å². The van der Waals surface area contributed by atoms with Gasteiger partial charge in [0.2, 0.25) is 0 Å². The average molecular weight is 245 g/mol. The molecule has 3 nitrogen and oxygen atoms in total. The quantitative estimate of drug-likeness (QED) is 0.855. The summed E-state index contributed by atoms with van der Waals surface area (Å²) >= 11 is 0. The smallest absolute Gasteiger partial charge is 0.148 e. The third-order valence-corrected chi connectivity index (χ3v) is 3.24. The number of hydrogen-bond donors (Lipinski definition) is 1. The molecule has 0 heterocycles. The second kappa shape index (κ2) is 5.41. The van der Waals surface area contributed by atoms with Crippen LogP contribution in [0, 0.1) is 5.82 Å². The standard InChI is InChI=1S/C11H16FNO2S/c1-9(13-7-8-16(2,14)15)10-5-3-4-6-11(10)12/h3-6,9,13H,7-8H2,1-2H3. The molecule has 0 aliphatic carbocycles. The Morgan fingerprint density at radius 3 is 2.56 bits per heavy atom. The maximum atomic E-state index is 13.3. The van der Waals surface area contributed by atoms with E-state index in [4.69, 9.17) is 0 Å². The predicted molar refractivity (Wildman–Crippen MR) is 62.5 cm³/mol. The van der Waals surface area contributed by atoms with E-state index in [2.05, 4.69) is 5.32 Å². The Bertz CT molecular complexity index is 445. The number of rotatable bonds is 5. The van der Waals surface area contributed by atoms with Crippen molar-refractivity contribution in [3.8, 4) is 0 Å². The molecule has 1 atom stereocenters. The first-order valence-electron chi connectivity index (χ1n) is 5.05. The minimum atomic E-state index is -2.97. The van der Waals surface area contributed by atoms with E-state index in [0.717, 1.165) is 0 Å². The number of halogens is 1. The van der Waals surface area contributed by atoms with Crippen LogP contribution < -0.4 is 5.32 Å². The molecule has 0 radical (unpaired) electrons. The first-order valence-corrected chi connectivity index (χ1v) is 7.12. The van der Waals surface area contributed by atoms with Gasteiger partial charge in [-0.3, -0.25) is 0 Å². The third kappa shape index (κ3) is 4.28. The second-order valence-electron chi connectivity index (χ2n) is 3.83. The van der Waals surface area contributed by atoms with Crippen LogP contribution in [0.2, 0.25) is 0 Å². The molecule has 0 fully saturated rings. The normalized spacial score (nSPS) is 13.7. The van der Waals surface area contributed by atoms with Crippen molar-refractivity contribution in [1.29, 1.82) is 0 Å². The fourth-order valence-corrected chi connectivity index (χ4v) is 1.89. The number of benzene rings is 1. The van der Waals surface area contributed by atoms with Crippen molar-refractivity contribution in [2.45, 2.75) is 13.0 Å². The molecule has 0 saturated carbocycles. The van der Waals surface area contributed by atoms with Crippen molar-refractivity contribution in [2.24, 2.45) is 0 Å². The van der Waals surface area contributed by atoms with Gasteiger partial charge in [-0.1, -0.05) is 18.2 Å². The molecule has 0 aromatic heterocycles. The largest absolute Gasteiger partial charge is 0.309 e. The van der Waals surface area contributed by atoms with Crippen LogP contribution in [-0.2, 0) is 9.84 Å². The van der Waals surface area contributed by atoms with E-state index in [-0.39, 0.29) is 17.6 Å². The lowest BCUT2D eigenvalue weighted by atomic mass is 10.1. The molecule has 1 N–H and O–H groups in total. The van der Waals surface area contributed by atoms with E-state index in [9.17, 15) is 12.8 Å². The van der Waals surface area contributed by atoms with Gasteiger partial charge in [-0.05, 0) is 13.0 Å². The molecule has 0 aliphatic heterocycles. The molecular formula is C11H16FNO2S. The number of nitrogens with one attached hydrogen (secondary N) is 1. The van der Waals surface area contributed by atoms with Crippen molar-refractivity contribution in [2.75, 3.05) is 18.6 Å². The van der Waals surface area contributed by atoms with Crippen LogP contribution in [0.5, 0.6) is 0 Å². The predicted octanol–water partition coefficient (Wildman–Crippen LogP) is 1.52. The highest BCUT2D eigenvalue weighted by molar-refractivity contribution is 7.90. The summed E-state index contributed by atoms with van der Waals surface area (Å²) in [5, 5.41) is 2.98. The zero-order valence-electron chi connectivity index (χ0n) is 9.40. The molecule has 0 spiro atoms. The highest BCUT2D eigenvalue weighted by atomic mass is 32.2. The van der Waals surface area contributed by atoms with Gasteiger partial charge in [-0.2, -0.15) is 0 Å². The SMILES string of the molecule is CC(NCCS(C)(=O)=O)c1ccccc1F. The van der Waals surface area contributed by atoms with E-state index in [1.807, 2.05) is 0 Å². The van der Waals surface area contributed by atoms with Crippen LogP contribution in [-0.4, -0.2) is 27.0 Å². The Morgan fingerprint density at radius 2 is 2.00 bits per heavy atom. The fourth-order valence-electron chi connectivity index (χ4n) is 1.40. The van der Waals surface area contributed by atoms with Gasteiger partial charge < -0.3 is 5.32 Å². The zero-order valence-corrected chi connectivity index (χ0v) is 10.2. The molecule has 1 aromatic rings. The first-order chi connectivity index (χ1) is 7.40. The summed E-state index contributed by atoms with van der Waals surface area (Å²) in [6, 6.07) is 6.27. The van der Waals surface area contributed by atoms with E-state index < -0.39 is 9.84 Å². The lowest BCUT2D eigenvalue weighted by molar-refractivity contribution is 0.537. The average Bonchev–Trinajstić information content (AvgIpc) is 2.16. The molecule has 1 rings (SSSR count). The minimum absolute atomic E-state index is 0.0613. The summed E-state index contributed by atoms with van der Waals surface area (Å²) in [5.41, 5.74) is 0.552. The van der Waals surface area contributed by atoms with E-state index in [0.29, 0.717) is 12.1 Å². The maximum absolute atomic E-state index is 13.3. The Balaban J connectivity index is 2.54. The van der Waals surface area contributed by atoms with Gasteiger partial charge in [0.15, 0.2) is 0 Å². The van der Waals surface area contributed by atoms with Crippen LogP contribution in [0.4, 0.5) is 4.39 Å². The van der Waals surface area contributed by atoms with E-state index >= 15 is 0 Å². The van der Waals surface area contributed by atoms with Crippen molar-refractivity contribution < 1.29 is 12.8 Å². The Kier molecular flexibility index (Phi) is 4.44. The molecule has 0 saturated heterocycles. The van der Waals surface area contributed by atoms with Crippen molar-refractivity contribution >= 4 is 9.84 Å². The van der Waals surface area contributed by atoms with Crippen LogP contribution in [0.15, 0.2) is 24.3 Å². The van der Waals surface area contributed by atoms with Crippen molar-refractivity contribution in [3.05, 3.63) is 35.6 Å². The molecular weight excluding hydrogens is 229 g/mol. The topological polar surface area (TPSA) is 46.2 Å². The molecule has 1 unspecified atom stereocenters. The Labute approximate surface area is 95.6 Å². The summed E-state index contributed by atoms with van der Waals surface area (Å²) in [4.78, 5) is 0. The monoisotopic (exact) mass is 245 g/mol. The third-order valence-electron chi connectivity index (χ3n) is 2.30. The number of sulfone groups is 1. The first kappa shape index (κ1) is 13.1. The molecule has 0 amide bonds. The molecule has 90 valence electrons. The highest BCUT2D eigenvalue weighted by Gasteiger charge is 2.10. The van der Waals surface area contributed by atoms with Crippen molar-refractivity contribution in [1.82, 2.24) is 5.32 Å². The maximum Gasteiger partial charge on any atom is 0.148 e. The van der Waals surface area contributed by atoms with Gasteiger partial charge in [0, 0.05) is 24.4 Å². The summed E-state index contributed by atoms with van der Waals surface area (Å²) in [6.07, 6.45) is 1.18. The molecule has 0 bridgehead atoms. The summed E-state index contributed by atoms with van der Waals surface area (Å²) < 4.78 is 35.1. The lowest BCUT2D eigenvalue weighted by Crippen LogP contribution is -2.25. The van der Waals surface area contributed by atoms with E-state index in [1.165, 1.54) is 12.3 Å². The highest BCUT2D eigenvalue weighted by Crippen LogP contribution is 2.15. The van der Waals surface area contributed by atoms with Crippen LogP contribution in [0.3, 0.4) is 0 Å². The lowest BCUT2D eigenvalue weighted by Gasteiger charge is -2.14. The van der Waals surface area contributed by atoms with Crippen LogP contribution >= 0.6 is 0 Å². The van der Waals surface area contributed by atoms with Crippen molar-refractivity contribution in [3.63, 3.8) is 0 Å². The molecule has 0 aliphatic rings. The number of hydrogen-bond acceptors (Lipinski definition) is 3. The summed E-state index contributed by atoms with van der Waals surface area (Å²) in [5.74, 6) is -0.215. The van der Waals surface area contributed by atoms with E-state index in [1.54, 1.807) is 25.1 Å². The van der Waals surface area contributed by atoms with Gasteiger partial charge in [-0.25, -0.2) is 12.8 Å². The minimum Gasteiger partial charge on any atom is -0.309 e. The second-order valence-corrected chi connectivity index (χ2v) is 6.09. The summed E-state index contributed by atoms with van der Waals surface area (Å²) in [7, 11) is -2.97. The Hall–Kier alpha value is -0.940. The van der Waals surface area contributed by atoms with Crippen LogP contribution in [0.1, 0.15) is 18.5 Å². The van der Waals surface area contributed by atoms with Gasteiger partial charge in [0.05, 0.1) is 5.75 Å². The van der Waals surface area contributed by atoms with Gasteiger partial charge in [0.25, 0.3) is 0 Å². The zero-order chi connectivity index (χ0) is 12.2. The molecule has 5 heteroatoms. The molecule has 16 heavy (non-hydrogen) atoms. The van der Waals surface area contributed by atoms with Crippen LogP contribution in [0.25, 0.3) is 0 Å². The molecule has 1 aromatic carbocycles.